The molecule has 9 nitrogen and oxygen atoms in total. The van der Waals surface area contributed by atoms with Crippen molar-refractivity contribution in [3.05, 3.63) is 78.4 Å². The van der Waals surface area contributed by atoms with Crippen LogP contribution in [0.4, 0.5) is 0 Å². The third-order valence-electron chi connectivity index (χ3n) is 8.69. The van der Waals surface area contributed by atoms with Gasteiger partial charge in [-0.15, -0.1) is 11.8 Å². The predicted octanol–water partition coefficient (Wildman–Crippen LogP) is 4.82. The number of nitrogens with one attached hydrogen (secondary N) is 3. The van der Waals surface area contributed by atoms with Gasteiger partial charge in [-0.05, 0) is 87.8 Å². The maximum atomic E-state index is 13.9. The number of fused-ring (bicyclic) bond motifs is 1. The molecule has 1 saturated carbocycles. The zero-order valence-corrected chi connectivity index (χ0v) is 29.6. The van der Waals surface area contributed by atoms with Crippen molar-refractivity contribution in [2.75, 3.05) is 19.1 Å². The standard InChI is InChI=1S/C36H49N3O6S2/c1-35(2,3)38-34(42)36(19-17-28(45-4)18-20-36)23-32(40)30(21-25-11-7-6-8-12-25)37-33(41)31(39-47(5,43)44)24-46-29-16-15-26-13-9-10-14-27(26)22-29/h6-16,22,28,30-32,39-40H,17-21,23-24H2,1-5H3,(H,37,41)(H,38,42)/t28?,30?,31-,32?,36?/m1/s1. The van der Waals surface area contributed by atoms with Gasteiger partial charge < -0.3 is 20.5 Å². The summed E-state index contributed by atoms with van der Waals surface area (Å²) < 4.78 is 32.8. The van der Waals surface area contributed by atoms with Gasteiger partial charge in [0.2, 0.25) is 21.8 Å². The summed E-state index contributed by atoms with van der Waals surface area (Å²) >= 11 is 1.38. The van der Waals surface area contributed by atoms with Gasteiger partial charge in [-0.2, -0.15) is 0 Å². The number of hydrogen-bond donors (Lipinski definition) is 4. The van der Waals surface area contributed by atoms with E-state index in [0.29, 0.717) is 32.1 Å². The minimum Gasteiger partial charge on any atom is -0.391 e. The molecule has 47 heavy (non-hydrogen) atoms. The molecule has 2 unspecified atom stereocenters. The average Bonchev–Trinajstić information content (AvgIpc) is 3.02. The van der Waals surface area contributed by atoms with Gasteiger partial charge in [-0.1, -0.05) is 60.7 Å². The molecule has 0 saturated heterocycles. The third-order valence-corrected chi connectivity index (χ3v) is 10.5. The van der Waals surface area contributed by atoms with E-state index in [1.165, 1.54) is 11.8 Å². The SMILES string of the molecule is COC1CCC(CC(O)C(Cc2ccccc2)NC(=O)[C@@H](CSc2ccc3ccccc3c2)NS(C)(=O)=O)(C(=O)NC(C)(C)C)CC1. The van der Waals surface area contributed by atoms with E-state index in [-0.39, 0.29) is 24.2 Å². The van der Waals surface area contributed by atoms with E-state index in [0.717, 1.165) is 27.5 Å². The first kappa shape index (κ1) is 36.9. The first-order chi connectivity index (χ1) is 22.2. The highest BCUT2D eigenvalue weighted by atomic mass is 32.2. The van der Waals surface area contributed by atoms with Gasteiger partial charge in [-0.25, -0.2) is 13.1 Å². The monoisotopic (exact) mass is 683 g/mol. The summed E-state index contributed by atoms with van der Waals surface area (Å²) in [5.74, 6) is -0.520. The maximum Gasteiger partial charge on any atom is 0.239 e. The number of ether oxygens (including phenoxy) is 1. The largest absolute Gasteiger partial charge is 0.391 e. The molecule has 11 heteroatoms. The molecule has 1 fully saturated rings. The summed E-state index contributed by atoms with van der Waals surface area (Å²) in [7, 11) is -2.07. The number of methoxy groups -OCH3 is 1. The Morgan fingerprint density at radius 3 is 2.26 bits per heavy atom. The number of aliphatic hydroxyl groups excluding tert-OH is 1. The van der Waals surface area contributed by atoms with Gasteiger partial charge >= 0.3 is 0 Å². The molecular formula is C36H49N3O6S2. The molecule has 2 amide bonds. The number of sulfonamides is 1. The van der Waals surface area contributed by atoms with Crippen LogP contribution in [0.25, 0.3) is 10.8 Å². The number of amides is 2. The quantitative estimate of drug-likeness (QED) is 0.179. The fraction of sp³-hybridized carbons (Fsp3) is 0.500. The lowest BCUT2D eigenvalue weighted by atomic mass is 9.68. The molecule has 0 aliphatic heterocycles. The van der Waals surface area contributed by atoms with Crippen molar-refractivity contribution in [2.24, 2.45) is 5.41 Å². The van der Waals surface area contributed by atoms with Crippen molar-refractivity contribution >= 4 is 44.4 Å². The lowest BCUT2D eigenvalue weighted by Crippen LogP contribution is -2.56. The Morgan fingerprint density at radius 2 is 1.64 bits per heavy atom. The van der Waals surface area contributed by atoms with Crippen LogP contribution < -0.4 is 15.4 Å². The van der Waals surface area contributed by atoms with Crippen molar-refractivity contribution in [3.63, 3.8) is 0 Å². The van der Waals surface area contributed by atoms with Crippen LogP contribution in [0.3, 0.4) is 0 Å². The van der Waals surface area contributed by atoms with E-state index in [2.05, 4.69) is 15.4 Å². The van der Waals surface area contributed by atoms with E-state index in [1.54, 1.807) is 7.11 Å². The summed E-state index contributed by atoms with van der Waals surface area (Å²) in [6.45, 7) is 5.79. The zero-order valence-electron chi connectivity index (χ0n) is 28.0. The smallest absolute Gasteiger partial charge is 0.239 e. The number of benzene rings is 3. The van der Waals surface area contributed by atoms with Crippen molar-refractivity contribution in [1.82, 2.24) is 15.4 Å². The van der Waals surface area contributed by atoms with Gasteiger partial charge in [0.05, 0.1) is 29.9 Å². The highest BCUT2D eigenvalue weighted by Crippen LogP contribution is 2.42. The molecule has 4 N–H and O–H groups in total. The number of thioether (sulfide) groups is 1. The summed E-state index contributed by atoms with van der Waals surface area (Å²) in [4.78, 5) is 28.6. The number of rotatable bonds is 14. The van der Waals surface area contributed by atoms with Crippen molar-refractivity contribution in [2.45, 2.75) is 94.0 Å². The van der Waals surface area contributed by atoms with Gasteiger partial charge in [-0.3, -0.25) is 9.59 Å². The minimum atomic E-state index is -3.74. The van der Waals surface area contributed by atoms with Crippen LogP contribution in [-0.2, 0) is 30.8 Å². The van der Waals surface area contributed by atoms with Gasteiger partial charge in [0.15, 0.2) is 0 Å². The van der Waals surface area contributed by atoms with Crippen molar-refractivity contribution < 1.29 is 27.9 Å². The summed E-state index contributed by atoms with van der Waals surface area (Å²) in [5, 5.41) is 20.1. The normalized spacial score (nSPS) is 20.7. The average molecular weight is 684 g/mol. The Labute approximate surface area is 283 Å². The second-order valence-corrected chi connectivity index (χ2v) is 16.6. The molecule has 0 heterocycles. The Balaban J connectivity index is 1.57. The van der Waals surface area contributed by atoms with Crippen molar-refractivity contribution in [3.8, 4) is 0 Å². The van der Waals surface area contributed by atoms with Gasteiger partial charge in [0.1, 0.15) is 6.04 Å². The molecule has 0 bridgehead atoms. The van der Waals surface area contributed by atoms with E-state index in [1.807, 2.05) is 93.6 Å². The minimum absolute atomic E-state index is 0.0467. The molecule has 1 aliphatic rings. The molecule has 0 aromatic heterocycles. The Kier molecular flexibility index (Phi) is 12.5. The third kappa shape index (κ3) is 11.0. The zero-order chi connectivity index (χ0) is 34.2. The molecular weight excluding hydrogens is 635 g/mol. The number of hydrogen-bond acceptors (Lipinski definition) is 7. The molecule has 256 valence electrons. The Morgan fingerprint density at radius 1 is 1.00 bits per heavy atom. The predicted molar refractivity (Wildman–Crippen MR) is 189 cm³/mol. The van der Waals surface area contributed by atoms with Crippen LogP contribution in [0.1, 0.15) is 58.4 Å². The van der Waals surface area contributed by atoms with Crippen LogP contribution in [-0.4, -0.2) is 74.3 Å². The highest BCUT2D eigenvalue weighted by molar-refractivity contribution is 7.99. The number of aliphatic hydroxyl groups is 1. The van der Waals surface area contributed by atoms with Crippen LogP contribution in [0.5, 0.6) is 0 Å². The van der Waals surface area contributed by atoms with E-state index >= 15 is 0 Å². The summed E-state index contributed by atoms with van der Waals surface area (Å²) in [6, 6.07) is 21.5. The lowest BCUT2D eigenvalue weighted by Gasteiger charge is -2.42. The summed E-state index contributed by atoms with van der Waals surface area (Å²) in [5.41, 5.74) is -0.415. The van der Waals surface area contributed by atoms with Crippen LogP contribution in [0, 0.1) is 5.41 Å². The van der Waals surface area contributed by atoms with E-state index in [9.17, 15) is 23.1 Å². The number of carbonyl (C=O) groups is 2. The van der Waals surface area contributed by atoms with E-state index < -0.39 is 45.1 Å². The fourth-order valence-corrected chi connectivity index (χ4v) is 7.99. The Hall–Kier alpha value is -2.96. The highest BCUT2D eigenvalue weighted by Gasteiger charge is 2.45. The fourth-order valence-electron chi connectivity index (χ4n) is 6.21. The molecule has 1 aliphatic carbocycles. The molecule has 3 aromatic carbocycles. The first-order valence-corrected chi connectivity index (χ1v) is 19.0. The summed E-state index contributed by atoms with van der Waals surface area (Å²) in [6.07, 6.45) is 2.87. The second kappa shape index (κ2) is 16.0. The Bertz CT molecular complexity index is 1600. The van der Waals surface area contributed by atoms with Crippen LogP contribution in [0.2, 0.25) is 0 Å². The van der Waals surface area contributed by atoms with Gasteiger partial charge in [0.25, 0.3) is 0 Å². The van der Waals surface area contributed by atoms with Crippen LogP contribution >= 0.6 is 11.8 Å². The molecule has 0 radical (unpaired) electrons. The van der Waals surface area contributed by atoms with E-state index in [4.69, 9.17) is 4.74 Å². The lowest BCUT2D eigenvalue weighted by molar-refractivity contribution is -0.139. The van der Waals surface area contributed by atoms with Gasteiger partial charge in [0, 0.05) is 23.3 Å². The molecule has 4 rings (SSSR count). The first-order valence-electron chi connectivity index (χ1n) is 16.1. The molecule has 3 atom stereocenters. The van der Waals surface area contributed by atoms with Crippen LogP contribution in [0.15, 0.2) is 77.7 Å². The molecule has 0 spiro atoms. The molecule has 3 aromatic rings. The van der Waals surface area contributed by atoms with Crippen molar-refractivity contribution in [1.29, 1.82) is 0 Å². The second-order valence-electron chi connectivity index (χ2n) is 13.8. The number of carbonyl (C=O) groups excluding carboxylic acids is 2. The maximum absolute atomic E-state index is 13.9. The topological polar surface area (TPSA) is 134 Å².